The van der Waals surface area contributed by atoms with Crippen molar-refractivity contribution in [3.8, 4) is 28.0 Å². The maximum Gasteiger partial charge on any atom is 0.149 e. The van der Waals surface area contributed by atoms with E-state index in [9.17, 15) is 5.11 Å². The molecule has 49 heavy (non-hydrogen) atoms. The van der Waals surface area contributed by atoms with E-state index in [0.29, 0.717) is 5.52 Å². The SMILES string of the molecule is Oc1c(-c2ccc(N(c3ccccc3)c3ccccc3)cc2)cc(-c2ccc(N(c3ccccc3)c3ccccc3)cc2)c2cccnc12. The largest absolute Gasteiger partial charge is 0.505 e. The summed E-state index contributed by atoms with van der Waals surface area (Å²) in [7, 11) is 0. The minimum atomic E-state index is 0.172. The summed E-state index contributed by atoms with van der Waals surface area (Å²) in [5, 5.41) is 12.5. The van der Waals surface area contributed by atoms with Crippen LogP contribution in [-0.2, 0) is 0 Å². The molecule has 0 unspecified atom stereocenters. The number of hydrogen-bond acceptors (Lipinski definition) is 4. The van der Waals surface area contributed by atoms with Crippen LogP contribution < -0.4 is 9.80 Å². The summed E-state index contributed by atoms with van der Waals surface area (Å²) in [5.74, 6) is 0.172. The molecule has 4 heteroatoms. The van der Waals surface area contributed by atoms with Gasteiger partial charge in [0.05, 0.1) is 0 Å². The molecule has 1 aromatic heterocycles. The lowest BCUT2D eigenvalue weighted by Crippen LogP contribution is -2.09. The summed E-state index contributed by atoms with van der Waals surface area (Å²) >= 11 is 0. The second-order valence-corrected chi connectivity index (χ2v) is 11.8. The molecule has 0 saturated carbocycles. The molecule has 0 radical (unpaired) electrons. The van der Waals surface area contributed by atoms with Crippen LogP contribution in [0.4, 0.5) is 34.1 Å². The maximum absolute atomic E-state index is 11.6. The van der Waals surface area contributed by atoms with Gasteiger partial charge < -0.3 is 14.9 Å². The molecule has 0 aliphatic carbocycles. The first-order valence-electron chi connectivity index (χ1n) is 16.4. The highest BCUT2D eigenvalue weighted by Gasteiger charge is 2.18. The number of aromatic nitrogens is 1. The number of rotatable bonds is 8. The number of aromatic hydroxyl groups is 1. The molecule has 0 fully saturated rings. The molecule has 0 aliphatic heterocycles. The van der Waals surface area contributed by atoms with Gasteiger partial charge in [-0.2, -0.15) is 0 Å². The minimum Gasteiger partial charge on any atom is -0.505 e. The van der Waals surface area contributed by atoms with Gasteiger partial charge in [-0.25, -0.2) is 0 Å². The smallest absolute Gasteiger partial charge is 0.149 e. The van der Waals surface area contributed by atoms with Gasteiger partial charge in [0.25, 0.3) is 0 Å². The Labute approximate surface area is 286 Å². The summed E-state index contributed by atoms with van der Waals surface area (Å²) in [6, 6.07) is 64.5. The van der Waals surface area contributed by atoms with Gasteiger partial charge in [0, 0.05) is 51.3 Å². The number of hydrogen-bond donors (Lipinski definition) is 1. The Balaban J connectivity index is 1.19. The van der Waals surface area contributed by atoms with E-state index in [1.165, 1.54) is 0 Å². The number of fused-ring (bicyclic) bond motifs is 1. The molecule has 7 aromatic carbocycles. The van der Waals surface area contributed by atoms with Crippen LogP contribution in [0.5, 0.6) is 5.75 Å². The first kappa shape index (κ1) is 29.7. The number of anilines is 6. The molecule has 1 N–H and O–H groups in total. The van der Waals surface area contributed by atoms with Crippen molar-refractivity contribution in [2.24, 2.45) is 0 Å². The van der Waals surface area contributed by atoms with Gasteiger partial charge in [0.15, 0.2) is 0 Å². The average molecular weight is 632 g/mol. The van der Waals surface area contributed by atoms with Crippen LogP contribution in [-0.4, -0.2) is 10.1 Å². The van der Waals surface area contributed by atoms with Crippen molar-refractivity contribution >= 4 is 45.0 Å². The molecule has 0 atom stereocenters. The number of pyridine rings is 1. The Morgan fingerprint density at radius 2 is 0.735 bits per heavy atom. The van der Waals surface area contributed by atoms with E-state index in [4.69, 9.17) is 0 Å². The zero-order chi connectivity index (χ0) is 33.0. The molecule has 0 saturated heterocycles. The molecule has 8 rings (SSSR count). The third-order valence-electron chi connectivity index (χ3n) is 8.80. The molecule has 8 aromatic rings. The van der Waals surface area contributed by atoms with Gasteiger partial charge in [0.2, 0.25) is 0 Å². The van der Waals surface area contributed by atoms with E-state index >= 15 is 0 Å². The van der Waals surface area contributed by atoms with E-state index < -0.39 is 0 Å². The molecule has 0 amide bonds. The Morgan fingerprint density at radius 1 is 0.367 bits per heavy atom. The van der Waals surface area contributed by atoms with Crippen molar-refractivity contribution in [1.29, 1.82) is 0 Å². The molecule has 234 valence electrons. The van der Waals surface area contributed by atoms with Gasteiger partial charge in [-0.15, -0.1) is 0 Å². The summed E-state index contributed by atoms with van der Waals surface area (Å²) in [6.45, 7) is 0. The van der Waals surface area contributed by atoms with E-state index in [1.54, 1.807) is 6.20 Å². The fourth-order valence-electron chi connectivity index (χ4n) is 6.47. The normalized spacial score (nSPS) is 10.9. The van der Waals surface area contributed by atoms with E-state index in [0.717, 1.165) is 61.8 Å². The Kier molecular flexibility index (Phi) is 8.02. The number of phenolic OH excluding ortho intramolecular Hbond substituents is 1. The van der Waals surface area contributed by atoms with Crippen molar-refractivity contribution in [3.63, 3.8) is 0 Å². The van der Waals surface area contributed by atoms with Crippen LogP contribution in [0.2, 0.25) is 0 Å². The fraction of sp³-hybridized carbons (Fsp3) is 0. The Hall–Kier alpha value is -6.65. The number of phenols is 1. The third-order valence-corrected chi connectivity index (χ3v) is 8.80. The van der Waals surface area contributed by atoms with Crippen LogP contribution in [0.15, 0.2) is 194 Å². The summed E-state index contributed by atoms with van der Waals surface area (Å²) in [4.78, 5) is 9.12. The van der Waals surface area contributed by atoms with E-state index in [1.807, 2.05) is 36.4 Å². The van der Waals surface area contributed by atoms with Gasteiger partial charge in [-0.05, 0) is 102 Å². The molecule has 1 heterocycles. The molecule has 4 nitrogen and oxygen atoms in total. The van der Waals surface area contributed by atoms with E-state index in [2.05, 4.69) is 166 Å². The second-order valence-electron chi connectivity index (χ2n) is 11.8. The van der Waals surface area contributed by atoms with Crippen LogP contribution >= 0.6 is 0 Å². The quantitative estimate of drug-likeness (QED) is 0.181. The standard InChI is InChI=1S/C45H33N3O/c49-45-43(34-25-29-40(30-26-34)48(37-18-9-3-10-19-37)38-20-11-4-12-21-38)32-42(41-22-13-31-46-44(41)45)33-23-27-39(28-24-33)47(35-14-5-1-6-15-35)36-16-7-2-8-17-36/h1-32,49H. The highest BCUT2D eigenvalue weighted by atomic mass is 16.3. The topological polar surface area (TPSA) is 39.6 Å². The maximum atomic E-state index is 11.6. The van der Waals surface area contributed by atoms with Crippen molar-refractivity contribution in [2.45, 2.75) is 0 Å². The third kappa shape index (κ3) is 5.88. The van der Waals surface area contributed by atoms with Crippen molar-refractivity contribution in [2.75, 3.05) is 9.80 Å². The highest BCUT2D eigenvalue weighted by Crippen LogP contribution is 2.43. The van der Waals surface area contributed by atoms with Crippen molar-refractivity contribution in [3.05, 3.63) is 194 Å². The minimum absolute atomic E-state index is 0.172. The molecule has 0 bridgehead atoms. The average Bonchev–Trinajstić information content (AvgIpc) is 3.18. The molecule has 0 spiro atoms. The molecular formula is C45H33N3O. The van der Waals surface area contributed by atoms with Crippen LogP contribution in [0, 0.1) is 0 Å². The summed E-state index contributed by atoms with van der Waals surface area (Å²) in [6.07, 6.45) is 1.73. The van der Waals surface area contributed by atoms with Gasteiger partial charge in [0.1, 0.15) is 11.3 Å². The predicted molar refractivity (Wildman–Crippen MR) is 204 cm³/mol. The van der Waals surface area contributed by atoms with Crippen LogP contribution in [0.3, 0.4) is 0 Å². The van der Waals surface area contributed by atoms with Gasteiger partial charge in [-0.1, -0.05) is 103 Å². The van der Waals surface area contributed by atoms with Gasteiger partial charge in [-0.3, -0.25) is 4.98 Å². The van der Waals surface area contributed by atoms with E-state index in [-0.39, 0.29) is 5.75 Å². The zero-order valence-electron chi connectivity index (χ0n) is 26.8. The monoisotopic (exact) mass is 631 g/mol. The Bertz CT molecular complexity index is 2230. The molecule has 0 aliphatic rings. The highest BCUT2D eigenvalue weighted by molar-refractivity contribution is 6.03. The van der Waals surface area contributed by atoms with Crippen LogP contribution in [0.1, 0.15) is 0 Å². The Morgan fingerprint density at radius 3 is 1.14 bits per heavy atom. The lowest BCUT2D eigenvalue weighted by molar-refractivity contribution is 0.482. The molecular weight excluding hydrogens is 599 g/mol. The first-order chi connectivity index (χ1) is 24.2. The number of benzene rings is 7. The second kappa shape index (κ2) is 13.2. The first-order valence-corrected chi connectivity index (χ1v) is 16.4. The lowest BCUT2D eigenvalue weighted by Gasteiger charge is -2.26. The van der Waals surface area contributed by atoms with Gasteiger partial charge >= 0.3 is 0 Å². The van der Waals surface area contributed by atoms with Crippen LogP contribution in [0.25, 0.3) is 33.2 Å². The van der Waals surface area contributed by atoms with Crippen molar-refractivity contribution in [1.82, 2.24) is 4.98 Å². The number of para-hydroxylation sites is 4. The van der Waals surface area contributed by atoms with Crippen molar-refractivity contribution < 1.29 is 5.11 Å². The fourth-order valence-corrected chi connectivity index (χ4v) is 6.47. The summed E-state index contributed by atoms with van der Waals surface area (Å²) < 4.78 is 0. The summed E-state index contributed by atoms with van der Waals surface area (Å²) in [5.41, 5.74) is 10.7. The lowest BCUT2D eigenvalue weighted by atomic mass is 9.93. The zero-order valence-corrected chi connectivity index (χ0v) is 26.8. The number of nitrogens with zero attached hydrogens (tertiary/aromatic N) is 3. The predicted octanol–water partition coefficient (Wildman–Crippen LogP) is 12.2.